The molecule has 0 aromatic heterocycles. The van der Waals surface area contributed by atoms with Gasteiger partial charge in [0, 0.05) is 16.7 Å². The SMILES string of the molecule is NCCCN(C=O)C(=O)Nc1cccc(Br)c1. The van der Waals surface area contributed by atoms with Crippen LogP contribution in [0, 0.1) is 0 Å². The number of benzene rings is 1. The molecule has 92 valence electrons. The second-order valence-electron chi connectivity index (χ2n) is 3.38. The van der Waals surface area contributed by atoms with Crippen LogP contribution in [0.25, 0.3) is 0 Å². The van der Waals surface area contributed by atoms with Crippen LogP contribution in [0.2, 0.25) is 0 Å². The van der Waals surface area contributed by atoms with Gasteiger partial charge in [0.2, 0.25) is 6.41 Å². The highest BCUT2D eigenvalue weighted by Crippen LogP contribution is 2.15. The molecule has 0 aliphatic carbocycles. The van der Waals surface area contributed by atoms with Crippen LogP contribution in [0.3, 0.4) is 0 Å². The van der Waals surface area contributed by atoms with Crippen molar-refractivity contribution in [3.8, 4) is 0 Å². The number of imide groups is 1. The van der Waals surface area contributed by atoms with Crippen molar-refractivity contribution in [3.63, 3.8) is 0 Å². The molecule has 1 rings (SSSR count). The first-order valence-corrected chi connectivity index (χ1v) is 5.95. The molecule has 0 fully saturated rings. The minimum atomic E-state index is -0.452. The van der Waals surface area contributed by atoms with Crippen molar-refractivity contribution < 1.29 is 9.59 Å². The Labute approximate surface area is 108 Å². The lowest BCUT2D eigenvalue weighted by Gasteiger charge is -2.15. The molecule has 3 N–H and O–H groups in total. The van der Waals surface area contributed by atoms with Gasteiger partial charge in [-0.05, 0) is 31.2 Å². The number of nitrogens with zero attached hydrogens (tertiary/aromatic N) is 1. The van der Waals surface area contributed by atoms with Crippen molar-refractivity contribution in [2.24, 2.45) is 5.73 Å². The van der Waals surface area contributed by atoms with Gasteiger partial charge in [-0.25, -0.2) is 4.79 Å². The molecule has 0 saturated heterocycles. The molecule has 3 amide bonds. The first-order valence-electron chi connectivity index (χ1n) is 5.16. The molecule has 0 radical (unpaired) electrons. The molecule has 1 aromatic carbocycles. The maximum Gasteiger partial charge on any atom is 0.328 e. The highest BCUT2D eigenvalue weighted by Gasteiger charge is 2.11. The zero-order chi connectivity index (χ0) is 12.7. The molecule has 0 unspecified atom stereocenters. The molecule has 0 spiro atoms. The van der Waals surface area contributed by atoms with Crippen molar-refractivity contribution in [3.05, 3.63) is 28.7 Å². The van der Waals surface area contributed by atoms with Gasteiger partial charge in [-0.15, -0.1) is 0 Å². The third-order valence-corrected chi connectivity index (χ3v) is 2.56. The average molecular weight is 300 g/mol. The number of rotatable bonds is 5. The summed E-state index contributed by atoms with van der Waals surface area (Å²) < 4.78 is 0.856. The summed E-state index contributed by atoms with van der Waals surface area (Å²) in [4.78, 5) is 23.5. The molecule has 0 heterocycles. The normalized spacial score (nSPS) is 9.76. The van der Waals surface area contributed by atoms with Gasteiger partial charge in [0.1, 0.15) is 0 Å². The Kier molecular flexibility index (Phi) is 5.65. The minimum absolute atomic E-state index is 0.319. The molecule has 0 atom stereocenters. The Hall–Kier alpha value is -1.40. The number of urea groups is 1. The lowest BCUT2D eigenvalue weighted by atomic mass is 10.3. The first-order chi connectivity index (χ1) is 8.17. The summed E-state index contributed by atoms with van der Waals surface area (Å²) in [6.07, 6.45) is 1.09. The van der Waals surface area contributed by atoms with Crippen LogP contribution in [0.5, 0.6) is 0 Å². The van der Waals surface area contributed by atoms with Crippen LogP contribution in [0.1, 0.15) is 6.42 Å². The van der Waals surface area contributed by atoms with E-state index >= 15 is 0 Å². The predicted molar refractivity (Wildman–Crippen MR) is 69.6 cm³/mol. The largest absolute Gasteiger partial charge is 0.330 e. The molecular formula is C11H14BrN3O2. The van der Waals surface area contributed by atoms with Crippen LogP contribution in [0.4, 0.5) is 10.5 Å². The minimum Gasteiger partial charge on any atom is -0.330 e. The Morgan fingerprint density at radius 3 is 2.88 bits per heavy atom. The van der Waals surface area contributed by atoms with Crippen molar-refractivity contribution in [1.29, 1.82) is 0 Å². The zero-order valence-corrected chi connectivity index (χ0v) is 10.8. The summed E-state index contributed by atoms with van der Waals surface area (Å²) in [6, 6.07) is 6.69. The molecule has 0 aliphatic heterocycles. The number of amides is 3. The highest BCUT2D eigenvalue weighted by atomic mass is 79.9. The van der Waals surface area contributed by atoms with Crippen LogP contribution in [0.15, 0.2) is 28.7 Å². The number of carbonyl (C=O) groups excluding carboxylic acids is 2. The fraction of sp³-hybridized carbons (Fsp3) is 0.273. The average Bonchev–Trinajstić information content (AvgIpc) is 2.30. The van der Waals surface area contributed by atoms with E-state index in [9.17, 15) is 9.59 Å². The van der Waals surface area contributed by atoms with Gasteiger partial charge in [-0.2, -0.15) is 0 Å². The molecule has 5 nitrogen and oxygen atoms in total. The summed E-state index contributed by atoms with van der Waals surface area (Å²) >= 11 is 3.30. The van der Waals surface area contributed by atoms with E-state index in [1.165, 1.54) is 0 Å². The van der Waals surface area contributed by atoms with E-state index in [-0.39, 0.29) is 0 Å². The fourth-order valence-electron chi connectivity index (χ4n) is 1.23. The molecule has 0 saturated carbocycles. The zero-order valence-electron chi connectivity index (χ0n) is 9.23. The van der Waals surface area contributed by atoms with E-state index in [1.807, 2.05) is 6.07 Å². The van der Waals surface area contributed by atoms with E-state index in [2.05, 4.69) is 21.2 Å². The Morgan fingerprint density at radius 2 is 2.29 bits per heavy atom. The quantitative estimate of drug-likeness (QED) is 0.814. The number of carbonyl (C=O) groups is 2. The summed E-state index contributed by atoms with van der Waals surface area (Å²) in [6.45, 7) is 0.758. The molecule has 0 aliphatic rings. The molecular weight excluding hydrogens is 286 g/mol. The number of halogens is 1. The van der Waals surface area contributed by atoms with Gasteiger partial charge >= 0.3 is 6.03 Å². The third kappa shape index (κ3) is 4.54. The maximum atomic E-state index is 11.7. The topological polar surface area (TPSA) is 75.4 Å². The van der Waals surface area contributed by atoms with Gasteiger partial charge in [0.05, 0.1) is 0 Å². The van der Waals surface area contributed by atoms with Crippen molar-refractivity contribution in [2.45, 2.75) is 6.42 Å². The summed E-state index contributed by atoms with van der Waals surface area (Å²) in [5.74, 6) is 0. The number of nitrogens with two attached hydrogens (primary N) is 1. The Morgan fingerprint density at radius 1 is 1.53 bits per heavy atom. The van der Waals surface area contributed by atoms with Gasteiger partial charge in [-0.1, -0.05) is 22.0 Å². The summed E-state index contributed by atoms with van der Waals surface area (Å²) in [5.41, 5.74) is 5.95. The summed E-state index contributed by atoms with van der Waals surface area (Å²) in [7, 11) is 0. The van der Waals surface area contributed by atoms with Crippen LogP contribution < -0.4 is 11.1 Å². The van der Waals surface area contributed by atoms with Gasteiger partial charge in [-0.3, -0.25) is 9.69 Å². The number of nitrogens with one attached hydrogen (secondary N) is 1. The van der Waals surface area contributed by atoms with Crippen LogP contribution in [-0.2, 0) is 4.79 Å². The van der Waals surface area contributed by atoms with E-state index in [0.717, 1.165) is 9.37 Å². The van der Waals surface area contributed by atoms with Crippen LogP contribution in [-0.4, -0.2) is 30.4 Å². The molecule has 1 aromatic rings. The highest BCUT2D eigenvalue weighted by molar-refractivity contribution is 9.10. The molecule has 17 heavy (non-hydrogen) atoms. The number of hydrogen-bond acceptors (Lipinski definition) is 3. The van der Waals surface area contributed by atoms with E-state index in [1.54, 1.807) is 18.2 Å². The lowest BCUT2D eigenvalue weighted by molar-refractivity contribution is -0.115. The van der Waals surface area contributed by atoms with E-state index in [0.29, 0.717) is 31.6 Å². The maximum absolute atomic E-state index is 11.7. The standard InChI is InChI=1S/C11H14BrN3O2/c12-9-3-1-4-10(7-9)14-11(17)15(8-16)6-2-5-13/h1,3-4,7-8H,2,5-6,13H2,(H,14,17). The van der Waals surface area contributed by atoms with Crippen molar-refractivity contribution >= 4 is 34.1 Å². The van der Waals surface area contributed by atoms with Crippen molar-refractivity contribution in [1.82, 2.24) is 4.90 Å². The number of anilines is 1. The Balaban J connectivity index is 2.60. The molecule has 0 bridgehead atoms. The second-order valence-corrected chi connectivity index (χ2v) is 4.30. The molecule has 6 heteroatoms. The van der Waals surface area contributed by atoms with Gasteiger partial charge in [0.15, 0.2) is 0 Å². The third-order valence-electron chi connectivity index (χ3n) is 2.07. The van der Waals surface area contributed by atoms with E-state index in [4.69, 9.17) is 5.73 Å². The lowest BCUT2D eigenvalue weighted by Crippen LogP contribution is -2.35. The monoisotopic (exact) mass is 299 g/mol. The predicted octanol–water partition coefficient (Wildman–Crippen LogP) is 1.79. The summed E-state index contributed by atoms with van der Waals surface area (Å²) in [5, 5.41) is 2.63. The van der Waals surface area contributed by atoms with Gasteiger partial charge < -0.3 is 11.1 Å². The van der Waals surface area contributed by atoms with E-state index < -0.39 is 6.03 Å². The smallest absolute Gasteiger partial charge is 0.328 e. The Bertz CT molecular complexity index is 398. The van der Waals surface area contributed by atoms with Crippen LogP contribution >= 0.6 is 15.9 Å². The van der Waals surface area contributed by atoms with Gasteiger partial charge in [0.25, 0.3) is 0 Å². The fourth-order valence-corrected chi connectivity index (χ4v) is 1.62. The number of hydrogen-bond donors (Lipinski definition) is 2. The first kappa shape index (κ1) is 13.7. The second kappa shape index (κ2) is 7.03. The van der Waals surface area contributed by atoms with Crippen molar-refractivity contribution in [2.75, 3.05) is 18.4 Å².